The van der Waals surface area contributed by atoms with Crippen molar-refractivity contribution in [2.75, 3.05) is 23.7 Å². The Morgan fingerprint density at radius 2 is 1.97 bits per heavy atom. The predicted molar refractivity (Wildman–Crippen MR) is 123 cm³/mol. The van der Waals surface area contributed by atoms with Gasteiger partial charge < -0.3 is 10.6 Å². The quantitative estimate of drug-likeness (QED) is 0.633. The molecule has 3 aliphatic rings. The minimum absolute atomic E-state index is 0.0234. The second-order valence-electron chi connectivity index (χ2n) is 9.22. The molecular formula is C24H29N7O. The average Bonchev–Trinajstić information content (AvgIpc) is 3.14. The van der Waals surface area contributed by atoms with Crippen molar-refractivity contribution in [2.24, 2.45) is 11.8 Å². The SMILES string of the molecule is CC(=O)c1cnn(Cc2cnc(N3CC4CC4C3)cn2)c1.CC1CCc2nc(N)ccc21. The van der Waals surface area contributed by atoms with Gasteiger partial charge in [-0.1, -0.05) is 13.0 Å². The zero-order valence-electron chi connectivity index (χ0n) is 18.6. The van der Waals surface area contributed by atoms with Gasteiger partial charge in [0.05, 0.1) is 36.4 Å². The minimum Gasteiger partial charge on any atom is -0.384 e. The van der Waals surface area contributed by atoms with Crippen LogP contribution in [0.15, 0.2) is 36.9 Å². The number of Topliss-reactive ketones (excluding diaryl/α,β-unsaturated/α-hetero) is 1. The van der Waals surface area contributed by atoms with Crippen LogP contribution in [-0.2, 0) is 13.0 Å². The Balaban J connectivity index is 0.000000165. The smallest absolute Gasteiger partial charge is 0.162 e. The maximum atomic E-state index is 11.2. The van der Waals surface area contributed by atoms with E-state index >= 15 is 0 Å². The van der Waals surface area contributed by atoms with E-state index in [4.69, 9.17) is 5.73 Å². The van der Waals surface area contributed by atoms with E-state index in [-0.39, 0.29) is 5.78 Å². The highest BCUT2D eigenvalue weighted by molar-refractivity contribution is 5.93. The molecule has 0 bridgehead atoms. The molecule has 0 radical (unpaired) electrons. The van der Waals surface area contributed by atoms with Crippen molar-refractivity contribution in [3.63, 3.8) is 0 Å². The van der Waals surface area contributed by atoms with Gasteiger partial charge in [-0.05, 0) is 55.6 Å². The van der Waals surface area contributed by atoms with Crippen LogP contribution in [0.2, 0.25) is 0 Å². The number of aryl methyl sites for hydroxylation is 1. The third-order valence-electron chi connectivity index (χ3n) is 6.73. The number of nitrogens with two attached hydrogens (primary N) is 1. The molecular weight excluding hydrogens is 402 g/mol. The average molecular weight is 432 g/mol. The lowest BCUT2D eigenvalue weighted by Gasteiger charge is -2.18. The monoisotopic (exact) mass is 431 g/mol. The normalized spacial score (nSPS) is 22.7. The number of carbonyl (C=O) groups excluding carboxylic acids is 1. The first-order valence-corrected chi connectivity index (χ1v) is 11.3. The van der Waals surface area contributed by atoms with Crippen molar-refractivity contribution in [2.45, 2.75) is 45.6 Å². The third-order valence-corrected chi connectivity index (χ3v) is 6.73. The molecule has 2 aliphatic carbocycles. The second kappa shape index (κ2) is 8.33. The van der Waals surface area contributed by atoms with E-state index in [0.29, 0.717) is 23.8 Å². The number of hydrogen-bond donors (Lipinski definition) is 1. The maximum absolute atomic E-state index is 11.2. The first kappa shape index (κ1) is 20.6. The molecule has 0 amide bonds. The fourth-order valence-electron chi connectivity index (χ4n) is 4.66. The molecule has 3 unspecified atom stereocenters. The minimum atomic E-state index is 0.0234. The molecule has 1 saturated carbocycles. The van der Waals surface area contributed by atoms with E-state index in [1.54, 1.807) is 23.3 Å². The molecule has 2 fully saturated rings. The van der Waals surface area contributed by atoms with E-state index in [1.165, 1.54) is 31.0 Å². The molecule has 3 atom stereocenters. The lowest BCUT2D eigenvalue weighted by atomic mass is 10.1. The van der Waals surface area contributed by atoms with Crippen LogP contribution in [0.4, 0.5) is 11.6 Å². The molecule has 0 spiro atoms. The predicted octanol–water partition coefficient (Wildman–Crippen LogP) is 3.09. The number of pyridine rings is 1. The zero-order chi connectivity index (χ0) is 22.2. The van der Waals surface area contributed by atoms with E-state index < -0.39 is 0 Å². The number of piperidine rings is 1. The lowest BCUT2D eigenvalue weighted by molar-refractivity contribution is 0.101. The molecule has 1 saturated heterocycles. The number of anilines is 2. The van der Waals surface area contributed by atoms with Gasteiger partial charge in [0, 0.05) is 25.0 Å². The Morgan fingerprint density at radius 3 is 2.66 bits per heavy atom. The van der Waals surface area contributed by atoms with Gasteiger partial charge >= 0.3 is 0 Å². The first-order chi connectivity index (χ1) is 15.5. The van der Waals surface area contributed by atoms with Gasteiger partial charge in [0.1, 0.15) is 11.6 Å². The molecule has 4 heterocycles. The molecule has 166 valence electrons. The summed E-state index contributed by atoms with van der Waals surface area (Å²) in [5.41, 5.74) is 9.63. The van der Waals surface area contributed by atoms with Crippen LogP contribution in [0.1, 0.15) is 59.9 Å². The molecule has 0 aromatic carbocycles. The molecule has 8 nitrogen and oxygen atoms in total. The number of aromatic nitrogens is 5. The molecule has 8 heteroatoms. The van der Waals surface area contributed by atoms with Gasteiger partial charge in [-0.3, -0.25) is 14.5 Å². The molecule has 3 aromatic rings. The summed E-state index contributed by atoms with van der Waals surface area (Å²) in [6.07, 6.45) is 10.7. The zero-order valence-corrected chi connectivity index (χ0v) is 18.6. The maximum Gasteiger partial charge on any atom is 0.162 e. The van der Waals surface area contributed by atoms with Crippen LogP contribution >= 0.6 is 0 Å². The summed E-state index contributed by atoms with van der Waals surface area (Å²) in [5, 5.41) is 4.17. The Kier molecular flexibility index (Phi) is 5.36. The molecule has 3 aromatic heterocycles. The Hall–Kier alpha value is -3.29. The summed E-state index contributed by atoms with van der Waals surface area (Å²) in [5.74, 6) is 4.10. The highest BCUT2D eigenvalue weighted by Crippen LogP contribution is 2.45. The number of carbonyl (C=O) groups is 1. The number of nitrogen functional groups attached to an aromatic ring is 1. The number of nitrogens with zero attached hydrogens (tertiary/aromatic N) is 6. The van der Waals surface area contributed by atoms with Gasteiger partial charge in [-0.25, -0.2) is 9.97 Å². The van der Waals surface area contributed by atoms with Crippen LogP contribution in [-0.4, -0.2) is 43.6 Å². The van der Waals surface area contributed by atoms with Crippen molar-refractivity contribution < 1.29 is 4.79 Å². The number of ketones is 1. The summed E-state index contributed by atoms with van der Waals surface area (Å²) in [7, 11) is 0. The van der Waals surface area contributed by atoms with E-state index in [1.807, 2.05) is 12.3 Å². The van der Waals surface area contributed by atoms with Crippen molar-refractivity contribution in [3.05, 3.63) is 59.4 Å². The van der Waals surface area contributed by atoms with E-state index in [2.05, 4.69) is 37.9 Å². The standard InChI is InChI=1S/C15H17N5O.C9H12N2/c1-10(21)13-3-18-20(8-13)9-14-4-17-15(5-16-14)19-6-11-2-12(11)7-19;1-6-2-4-8-7(6)3-5-9(10)11-8/h3-5,8,11-12H,2,6-7,9H2,1H3;3,5-6H,2,4H2,1H3,(H2,10,11). The van der Waals surface area contributed by atoms with E-state index in [9.17, 15) is 4.79 Å². The van der Waals surface area contributed by atoms with Crippen LogP contribution in [0.25, 0.3) is 0 Å². The van der Waals surface area contributed by atoms with Crippen LogP contribution in [0, 0.1) is 11.8 Å². The Bertz CT molecular complexity index is 1110. The van der Waals surface area contributed by atoms with Gasteiger partial charge in [0.25, 0.3) is 0 Å². The lowest BCUT2D eigenvalue weighted by Crippen LogP contribution is -2.23. The van der Waals surface area contributed by atoms with Crippen molar-refractivity contribution in [1.82, 2.24) is 24.7 Å². The fourth-order valence-corrected chi connectivity index (χ4v) is 4.66. The number of hydrogen-bond acceptors (Lipinski definition) is 7. The molecule has 6 rings (SSSR count). The number of fused-ring (bicyclic) bond motifs is 2. The largest absolute Gasteiger partial charge is 0.384 e. The topological polar surface area (TPSA) is 103 Å². The van der Waals surface area contributed by atoms with Crippen molar-refractivity contribution in [1.29, 1.82) is 0 Å². The number of rotatable bonds is 4. The Morgan fingerprint density at radius 1 is 1.16 bits per heavy atom. The molecule has 1 aliphatic heterocycles. The highest BCUT2D eigenvalue weighted by atomic mass is 16.1. The molecule has 32 heavy (non-hydrogen) atoms. The summed E-state index contributed by atoms with van der Waals surface area (Å²) >= 11 is 0. The van der Waals surface area contributed by atoms with Gasteiger partial charge in [0.2, 0.25) is 0 Å². The third kappa shape index (κ3) is 4.35. The molecule has 2 N–H and O–H groups in total. The van der Waals surface area contributed by atoms with E-state index in [0.717, 1.165) is 42.9 Å². The van der Waals surface area contributed by atoms with Crippen LogP contribution in [0.3, 0.4) is 0 Å². The van der Waals surface area contributed by atoms with Gasteiger partial charge in [-0.15, -0.1) is 0 Å². The first-order valence-electron chi connectivity index (χ1n) is 11.3. The van der Waals surface area contributed by atoms with Gasteiger partial charge in [-0.2, -0.15) is 5.10 Å². The van der Waals surface area contributed by atoms with Crippen molar-refractivity contribution in [3.8, 4) is 0 Å². The Labute approximate surface area is 187 Å². The van der Waals surface area contributed by atoms with Gasteiger partial charge in [0.15, 0.2) is 5.78 Å². The highest BCUT2D eigenvalue weighted by Gasteiger charge is 2.45. The summed E-state index contributed by atoms with van der Waals surface area (Å²) in [6, 6.07) is 4.00. The summed E-state index contributed by atoms with van der Waals surface area (Å²) in [4.78, 5) is 26.8. The summed E-state index contributed by atoms with van der Waals surface area (Å²) in [6.45, 7) is 6.56. The second-order valence-corrected chi connectivity index (χ2v) is 9.22. The van der Waals surface area contributed by atoms with Crippen LogP contribution < -0.4 is 10.6 Å². The van der Waals surface area contributed by atoms with Crippen LogP contribution in [0.5, 0.6) is 0 Å². The summed E-state index contributed by atoms with van der Waals surface area (Å²) < 4.78 is 1.71. The fraction of sp³-hybridized carbons (Fsp3) is 0.458. The van der Waals surface area contributed by atoms with Crippen molar-refractivity contribution >= 4 is 17.4 Å².